The maximum atomic E-state index is 2.37. The molecule has 0 bridgehead atoms. The van der Waals surface area contributed by atoms with Crippen LogP contribution >= 0.6 is 68.0 Å². The van der Waals surface area contributed by atoms with Crippen LogP contribution < -0.4 is 0 Å². The van der Waals surface area contributed by atoms with Gasteiger partial charge in [0.1, 0.15) is 0 Å². The topological polar surface area (TPSA) is 0 Å². The molecule has 0 aliphatic carbocycles. The summed E-state index contributed by atoms with van der Waals surface area (Å²) >= 11 is 11.4. The molecule has 0 saturated heterocycles. The fraction of sp³-hybridized carbons (Fsp3) is 0.316. The van der Waals surface area contributed by atoms with Crippen molar-refractivity contribution in [3.63, 3.8) is 0 Å². The highest BCUT2D eigenvalue weighted by molar-refractivity contribution is 7.26. The van der Waals surface area contributed by atoms with Crippen molar-refractivity contribution in [3.8, 4) is 43.1 Å². The average molecular weight is 687 g/mol. The van der Waals surface area contributed by atoms with Gasteiger partial charge in [-0.2, -0.15) is 45.3 Å². The van der Waals surface area contributed by atoms with Gasteiger partial charge in [0.05, 0.1) is 0 Å². The van der Waals surface area contributed by atoms with Gasteiger partial charge in [0.2, 0.25) is 0 Å². The van der Waals surface area contributed by atoms with Gasteiger partial charge >= 0.3 is 0 Å². The van der Waals surface area contributed by atoms with E-state index < -0.39 is 0 Å². The first-order chi connectivity index (χ1) is 21.8. The molecule has 0 spiro atoms. The van der Waals surface area contributed by atoms with E-state index >= 15 is 0 Å². The summed E-state index contributed by atoms with van der Waals surface area (Å²) in [6.07, 6.45) is 12.8. The number of hydrogen-bond acceptors (Lipinski definition) is 6. The molecule has 0 N–H and O–H groups in total. The van der Waals surface area contributed by atoms with Crippen molar-refractivity contribution in [1.29, 1.82) is 0 Å². The zero-order valence-corrected chi connectivity index (χ0v) is 30.3. The van der Waals surface area contributed by atoms with Crippen LogP contribution in [0.1, 0.15) is 76.3 Å². The molecule has 7 aromatic rings. The van der Waals surface area contributed by atoms with Crippen molar-refractivity contribution in [2.75, 3.05) is 0 Å². The molecule has 0 atom stereocenters. The number of unbranched alkanes of at least 4 members (excludes halogenated alkanes) is 6. The SMILES string of the molecule is CCCCCCc1c(CCCCCC)c2sc(-c3ccsc3)c(-c3ccsc3)c2c2c(-c3ccsc3)c(-c3ccsc3)sc12. The Hall–Kier alpha value is -2.06. The minimum absolute atomic E-state index is 1.18. The summed E-state index contributed by atoms with van der Waals surface area (Å²) in [4.78, 5) is 2.89. The summed E-state index contributed by atoms with van der Waals surface area (Å²) in [5.41, 5.74) is 11.7. The van der Waals surface area contributed by atoms with E-state index in [0.29, 0.717) is 0 Å². The smallest absolute Gasteiger partial charge is 0.0442 e. The first-order valence-corrected chi connectivity index (χ1v) is 21.4. The minimum Gasteiger partial charge on any atom is -0.152 e. The van der Waals surface area contributed by atoms with Gasteiger partial charge in [-0.25, -0.2) is 0 Å². The van der Waals surface area contributed by atoms with Gasteiger partial charge in [-0.1, -0.05) is 52.4 Å². The molecule has 0 unspecified atom stereocenters. The Bertz CT molecular complexity index is 1770. The largest absolute Gasteiger partial charge is 0.152 e. The molecule has 0 nitrogen and oxygen atoms in total. The van der Waals surface area contributed by atoms with Gasteiger partial charge in [0.15, 0.2) is 0 Å². The zero-order chi connectivity index (χ0) is 29.9. The van der Waals surface area contributed by atoms with Crippen LogP contribution in [0.15, 0.2) is 67.3 Å². The van der Waals surface area contributed by atoms with Gasteiger partial charge in [-0.05, 0) is 115 Å². The van der Waals surface area contributed by atoms with Gasteiger partial charge in [-0.15, -0.1) is 22.7 Å². The van der Waals surface area contributed by atoms with Crippen molar-refractivity contribution in [1.82, 2.24) is 0 Å². The molecule has 0 amide bonds. The highest BCUT2D eigenvalue weighted by Gasteiger charge is 2.28. The van der Waals surface area contributed by atoms with Crippen LogP contribution in [0.4, 0.5) is 0 Å². The van der Waals surface area contributed by atoms with Crippen molar-refractivity contribution in [2.24, 2.45) is 0 Å². The molecular formula is C38H38S6. The molecule has 6 heterocycles. The molecule has 226 valence electrons. The normalized spacial score (nSPS) is 11.9. The van der Waals surface area contributed by atoms with E-state index in [4.69, 9.17) is 0 Å². The highest BCUT2D eigenvalue weighted by Crippen LogP contribution is 2.57. The lowest BCUT2D eigenvalue weighted by Gasteiger charge is -2.15. The summed E-state index contributed by atoms with van der Waals surface area (Å²) < 4.78 is 3.10. The Morgan fingerprint density at radius 2 is 0.841 bits per heavy atom. The van der Waals surface area contributed by atoms with Crippen LogP contribution in [-0.2, 0) is 12.8 Å². The van der Waals surface area contributed by atoms with Crippen LogP contribution in [0.25, 0.3) is 63.3 Å². The second kappa shape index (κ2) is 14.1. The fourth-order valence-corrected chi connectivity index (χ4v) is 12.2. The molecule has 6 aromatic heterocycles. The maximum Gasteiger partial charge on any atom is 0.0442 e. The summed E-state index contributed by atoms with van der Waals surface area (Å²) in [6, 6.07) is 9.37. The molecule has 0 fully saturated rings. The van der Waals surface area contributed by atoms with Gasteiger partial charge in [0.25, 0.3) is 0 Å². The number of thiophene rings is 6. The van der Waals surface area contributed by atoms with Crippen LogP contribution in [0.3, 0.4) is 0 Å². The van der Waals surface area contributed by atoms with Crippen LogP contribution in [-0.4, -0.2) is 0 Å². The molecule has 44 heavy (non-hydrogen) atoms. The maximum absolute atomic E-state index is 2.37. The predicted octanol–water partition coefficient (Wildman–Crippen LogP) is 15.3. The Kier molecular flexibility index (Phi) is 9.84. The monoisotopic (exact) mass is 686 g/mol. The molecule has 0 aliphatic rings. The highest BCUT2D eigenvalue weighted by atomic mass is 32.1. The Morgan fingerprint density at radius 3 is 1.18 bits per heavy atom. The molecule has 6 heteroatoms. The van der Waals surface area contributed by atoms with E-state index in [1.807, 2.05) is 45.3 Å². The van der Waals surface area contributed by atoms with E-state index in [1.54, 1.807) is 20.5 Å². The fourth-order valence-electron chi connectivity index (χ4n) is 6.58. The van der Waals surface area contributed by atoms with Crippen LogP contribution in [0.2, 0.25) is 0 Å². The van der Waals surface area contributed by atoms with E-state index in [0.717, 1.165) is 0 Å². The second-order valence-electron chi connectivity index (χ2n) is 11.6. The summed E-state index contributed by atoms with van der Waals surface area (Å²) in [7, 11) is 0. The van der Waals surface area contributed by atoms with E-state index in [2.05, 4.69) is 104 Å². The third-order valence-corrected chi connectivity index (χ3v) is 14.1. The summed E-state index contributed by atoms with van der Waals surface area (Å²) in [5.74, 6) is 0. The third kappa shape index (κ3) is 5.83. The van der Waals surface area contributed by atoms with Crippen molar-refractivity contribution < 1.29 is 0 Å². The Morgan fingerprint density at radius 1 is 0.455 bits per heavy atom. The van der Waals surface area contributed by atoms with E-state index in [1.165, 1.54) is 118 Å². The average Bonchev–Trinajstić information content (AvgIpc) is 3.88. The quantitative estimate of drug-likeness (QED) is 0.0999. The number of fused-ring (bicyclic) bond motifs is 3. The van der Waals surface area contributed by atoms with E-state index in [-0.39, 0.29) is 0 Å². The molecule has 1 aromatic carbocycles. The Labute approximate surface area is 285 Å². The molecule has 7 rings (SSSR count). The van der Waals surface area contributed by atoms with Crippen LogP contribution in [0, 0.1) is 0 Å². The molecule has 0 radical (unpaired) electrons. The van der Waals surface area contributed by atoms with Gasteiger partial charge in [-0.3, -0.25) is 0 Å². The Balaban J connectivity index is 1.62. The number of rotatable bonds is 14. The molecular weight excluding hydrogens is 649 g/mol. The summed E-state index contributed by atoms with van der Waals surface area (Å²) in [5, 5.41) is 21.5. The second-order valence-corrected chi connectivity index (χ2v) is 16.8. The third-order valence-electron chi connectivity index (χ3n) is 8.73. The minimum atomic E-state index is 1.18. The van der Waals surface area contributed by atoms with Gasteiger partial charge < -0.3 is 0 Å². The van der Waals surface area contributed by atoms with Crippen LogP contribution in [0.5, 0.6) is 0 Å². The lowest BCUT2D eigenvalue weighted by molar-refractivity contribution is 0.654. The summed E-state index contributed by atoms with van der Waals surface area (Å²) in [6.45, 7) is 4.65. The number of hydrogen-bond donors (Lipinski definition) is 0. The molecule has 0 aliphatic heterocycles. The molecule has 0 saturated carbocycles. The van der Waals surface area contributed by atoms with Crippen molar-refractivity contribution in [3.05, 3.63) is 78.4 Å². The van der Waals surface area contributed by atoms with E-state index in [9.17, 15) is 0 Å². The standard InChI is InChI=1S/C38H38S6/c1-3-5-7-9-11-29-30(12-10-8-6-4-2)38-34(32(26-14-18-40-22-26)36(44-38)28-16-20-42-24-28)33-31(25-13-17-39-21-25)35(43-37(29)33)27-15-19-41-23-27/h13-24H,3-12H2,1-2H3. The van der Waals surface area contributed by atoms with Crippen molar-refractivity contribution in [2.45, 2.75) is 78.1 Å². The number of benzene rings is 1. The predicted molar refractivity (Wildman–Crippen MR) is 206 cm³/mol. The number of aryl methyl sites for hydroxylation is 2. The first-order valence-electron chi connectivity index (χ1n) is 16.0. The zero-order valence-electron chi connectivity index (χ0n) is 25.4. The lowest BCUT2D eigenvalue weighted by atomic mass is 9.88. The lowest BCUT2D eigenvalue weighted by Crippen LogP contribution is -1.98. The van der Waals surface area contributed by atoms with Gasteiger partial charge in [0, 0.05) is 52.2 Å². The van der Waals surface area contributed by atoms with Crippen molar-refractivity contribution >= 4 is 88.2 Å². The first kappa shape index (κ1) is 30.6.